The first-order chi connectivity index (χ1) is 7.26. The lowest BCUT2D eigenvalue weighted by molar-refractivity contribution is 0.239. The smallest absolute Gasteiger partial charge is 0.326 e. The molecule has 1 aliphatic carbocycles. The van der Waals surface area contributed by atoms with Gasteiger partial charge in [0.15, 0.2) is 0 Å². The molecule has 1 aromatic heterocycles. The van der Waals surface area contributed by atoms with E-state index in [1.54, 1.807) is 12.4 Å². The number of hydrogen-bond donors (Lipinski definition) is 1. The molecule has 1 fully saturated rings. The van der Waals surface area contributed by atoms with E-state index in [-0.39, 0.29) is 6.03 Å². The van der Waals surface area contributed by atoms with E-state index < -0.39 is 0 Å². The van der Waals surface area contributed by atoms with Crippen molar-refractivity contribution in [2.24, 2.45) is 5.41 Å². The molecule has 0 aromatic carbocycles. The molecule has 2 rings (SSSR count). The van der Waals surface area contributed by atoms with Crippen LogP contribution in [-0.2, 0) is 0 Å². The van der Waals surface area contributed by atoms with Gasteiger partial charge in [0, 0.05) is 18.9 Å². The fraction of sp³-hybridized carbons (Fsp3) is 0.636. The summed E-state index contributed by atoms with van der Waals surface area (Å²) in [5.41, 5.74) is 0.408. The summed E-state index contributed by atoms with van der Waals surface area (Å²) in [6.07, 6.45) is 9.72. The van der Waals surface area contributed by atoms with Crippen LogP contribution in [0.1, 0.15) is 32.6 Å². The maximum Gasteiger partial charge on any atom is 0.326 e. The van der Waals surface area contributed by atoms with E-state index in [1.165, 1.54) is 36.6 Å². The monoisotopic (exact) mass is 207 g/mol. The van der Waals surface area contributed by atoms with Crippen LogP contribution in [0.15, 0.2) is 18.7 Å². The van der Waals surface area contributed by atoms with Crippen molar-refractivity contribution in [3.63, 3.8) is 0 Å². The maximum absolute atomic E-state index is 11.6. The van der Waals surface area contributed by atoms with Gasteiger partial charge in [0.25, 0.3) is 0 Å². The predicted octanol–water partition coefficient (Wildman–Crippen LogP) is 2.02. The Morgan fingerprint density at radius 1 is 1.60 bits per heavy atom. The highest BCUT2D eigenvalue weighted by Gasteiger charge is 2.41. The molecule has 82 valence electrons. The molecule has 1 N–H and O–H groups in total. The van der Waals surface area contributed by atoms with E-state index in [4.69, 9.17) is 0 Å². The van der Waals surface area contributed by atoms with Crippen LogP contribution in [0, 0.1) is 5.41 Å². The van der Waals surface area contributed by atoms with E-state index in [0.29, 0.717) is 5.41 Å². The van der Waals surface area contributed by atoms with Gasteiger partial charge >= 0.3 is 6.03 Å². The molecule has 0 bridgehead atoms. The summed E-state index contributed by atoms with van der Waals surface area (Å²) in [5, 5.41) is 2.96. The molecule has 1 aliphatic rings. The third-order valence-corrected chi connectivity index (χ3v) is 3.09. The summed E-state index contributed by atoms with van der Waals surface area (Å²) < 4.78 is 1.47. The lowest BCUT2D eigenvalue weighted by Crippen LogP contribution is -2.33. The lowest BCUT2D eigenvalue weighted by Gasteiger charge is -2.14. The molecule has 1 aromatic rings. The van der Waals surface area contributed by atoms with Crippen LogP contribution in [0.5, 0.6) is 0 Å². The summed E-state index contributed by atoms with van der Waals surface area (Å²) in [7, 11) is 0. The van der Waals surface area contributed by atoms with Crippen molar-refractivity contribution in [2.75, 3.05) is 6.54 Å². The van der Waals surface area contributed by atoms with E-state index in [1.807, 2.05) is 0 Å². The Balaban J connectivity index is 1.81. The second-order valence-electron chi connectivity index (χ2n) is 4.38. The van der Waals surface area contributed by atoms with Crippen LogP contribution in [0.2, 0.25) is 0 Å². The first-order valence-electron chi connectivity index (χ1n) is 5.52. The van der Waals surface area contributed by atoms with Crippen molar-refractivity contribution in [1.82, 2.24) is 14.9 Å². The number of nitrogens with zero attached hydrogens (tertiary/aromatic N) is 2. The van der Waals surface area contributed by atoms with Gasteiger partial charge in [-0.05, 0) is 24.7 Å². The van der Waals surface area contributed by atoms with E-state index >= 15 is 0 Å². The van der Waals surface area contributed by atoms with E-state index in [2.05, 4.69) is 17.2 Å². The molecule has 0 aliphatic heterocycles. The third-order valence-electron chi connectivity index (χ3n) is 3.09. The zero-order valence-electron chi connectivity index (χ0n) is 9.07. The van der Waals surface area contributed by atoms with Gasteiger partial charge in [-0.15, -0.1) is 0 Å². The number of aromatic nitrogens is 2. The van der Waals surface area contributed by atoms with Gasteiger partial charge in [-0.2, -0.15) is 0 Å². The molecular weight excluding hydrogens is 190 g/mol. The lowest BCUT2D eigenvalue weighted by atomic mass is 10.0. The Bertz CT molecular complexity index is 328. The predicted molar refractivity (Wildman–Crippen MR) is 57.6 cm³/mol. The van der Waals surface area contributed by atoms with E-state index in [0.717, 1.165) is 6.54 Å². The van der Waals surface area contributed by atoms with Crippen LogP contribution < -0.4 is 5.32 Å². The van der Waals surface area contributed by atoms with Crippen molar-refractivity contribution < 1.29 is 4.79 Å². The van der Waals surface area contributed by atoms with Crippen LogP contribution >= 0.6 is 0 Å². The standard InChI is InChI=1S/C11H17N3O/c1-2-3-11(4-5-11)8-13-10(15)14-7-6-12-9-14/h6-7,9H,2-5,8H2,1H3,(H,13,15). The third kappa shape index (κ3) is 2.37. The number of carbonyl (C=O) groups excluding carboxylic acids is 1. The van der Waals surface area contributed by atoms with Crippen LogP contribution in [0.25, 0.3) is 0 Å². The molecule has 15 heavy (non-hydrogen) atoms. The highest BCUT2D eigenvalue weighted by Crippen LogP contribution is 2.48. The van der Waals surface area contributed by atoms with Crippen LogP contribution in [0.3, 0.4) is 0 Å². The fourth-order valence-electron chi connectivity index (χ4n) is 1.96. The molecule has 4 nitrogen and oxygen atoms in total. The van der Waals surface area contributed by atoms with Crippen LogP contribution in [0.4, 0.5) is 4.79 Å². The van der Waals surface area contributed by atoms with Gasteiger partial charge in [-0.1, -0.05) is 13.3 Å². The van der Waals surface area contributed by atoms with Gasteiger partial charge in [-0.25, -0.2) is 9.78 Å². The van der Waals surface area contributed by atoms with Crippen molar-refractivity contribution >= 4 is 6.03 Å². The van der Waals surface area contributed by atoms with Gasteiger partial charge in [0.2, 0.25) is 0 Å². The molecule has 0 unspecified atom stereocenters. The highest BCUT2D eigenvalue weighted by molar-refractivity contribution is 5.76. The van der Waals surface area contributed by atoms with Gasteiger partial charge in [0.1, 0.15) is 6.33 Å². The molecule has 0 radical (unpaired) electrons. The van der Waals surface area contributed by atoms with Gasteiger partial charge < -0.3 is 5.32 Å². The second kappa shape index (κ2) is 4.04. The zero-order valence-corrected chi connectivity index (χ0v) is 9.07. The summed E-state index contributed by atoms with van der Waals surface area (Å²) in [6.45, 7) is 3.00. The number of rotatable bonds is 4. The maximum atomic E-state index is 11.6. The Morgan fingerprint density at radius 2 is 2.40 bits per heavy atom. The molecule has 0 saturated heterocycles. The largest absolute Gasteiger partial charge is 0.337 e. The Kier molecular flexibility index (Phi) is 2.75. The molecule has 4 heteroatoms. The average Bonchev–Trinajstić information content (AvgIpc) is 2.81. The quantitative estimate of drug-likeness (QED) is 0.821. The molecule has 1 saturated carbocycles. The Labute approximate surface area is 89.7 Å². The first kappa shape index (κ1) is 10.2. The minimum absolute atomic E-state index is 0.0742. The Hall–Kier alpha value is -1.32. The highest BCUT2D eigenvalue weighted by atomic mass is 16.2. The molecular formula is C11H17N3O. The minimum Gasteiger partial charge on any atom is -0.337 e. The average molecular weight is 207 g/mol. The number of imidazole rings is 1. The second-order valence-corrected chi connectivity index (χ2v) is 4.38. The number of hydrogen-bond acceptors (Lipinski definition) is 2. The van der Waals surface area contributed by atoms with Crippen LogP contribution in [-0.4, -0.2) is 22.1 Å². The van der Waals surface area contributed by atoms with Crippen molar-refractivity contribution in [3.05, 3.63) is 18.7 Å². The normalized spacial score (nSPS) is 17.4. The number of carbonyl (C=O) groups is 1. The SMILES string of the molecule is CCCC1(CNC(=O)n2ccnc2)CC1. The molecule has 0 atom stereocenters. The minimum atomic E-state index is -0.0742. The summed E-state index contributed by atoms with van der Waals surface area (Å²) in [5.74, 6) is 0. The van der Waals surface area contributed by atoms with Gasteiger partial charge in [-0.3, -0.25) is 4.57 Å². The van der Waals surface area contributed by atoms with Crippen molar-refractivity contribution in [1.29, 1.82) is 0 Å². The van der Waals surface area contributed by atoms with Crippen molar-refractivity contribution in [3.8, 4) is 0 Å². The summed E-state index contributed by atoms with van der Waals surface area (Å²) in [4.78, 5) is 15.4. The van der Waals surface area contributed by atoms with Crippen molar-refractivity contribution in [2.45, 2.75) is 32.6 Å². The molecule has 1 amide bonds. The molecule has 0 spiro atoms. The fourth-order valence-corrected chi connectivity index (χ4v) is 1.96. The first-order valence-corrected chi connectivity index (χ1v) is 5.52. The number of nitrogens with one attached hydrogen (secondary N) is 1. The zero-order chi connectivity index (χ0) is 10.7. The topological polar surface area (TPSA) is 46.9 Å². The van der Waals surface area contributed by atoms with Gasteiger partial charge in [0.05, 0.1) is 0 Å². The molecule has 1 heterocycles. The van der Waals surface area contributed by atoms with E-state index in [9.17, 15) is 4.79 Å². The number of amides is 1. The summed E-state index contributed by atoms with van der Waals surface area (Å²) >= 11 is 0. The summed E-state index contributed by atoms with van der Waals surface area (Å²) in [6, 6.07) is -0.0742. The Morgan fingerprint density at radius 3 is 2.93 bits per heavy atom.